The van der Waals surface area contributed by atoms with E-state index in [4.69, 9.17) is 9.47 Å². The molecule has 1 spiro atoms. The summed E-state index contributed by atoms with van der Waals surface area (Å²) in [6.07, 6.45) is 17.4. The Bertz CT molecular complexity index is 651. The maximum atomic E-state index is 6.99. The first-order valence-electron chi connectivity index (χ1n) is 13.2. The predicted octanol–water partition coefficient (Wildman–Crippen LogP) is 6.97. The van der Waals surface area contributed by atoms with Crippen LogP contribution in [0.5, 0.6) is 0 Å². The van der Waals surface area contributed by atoms with Crippen LogP contribution in [0, 0.1) is 46.3 Å². The lowest BCUT2D eigenvalue weighted by Crippen LogP contribution is -2.56. The van der Waals surface area contributed by atoms with Crippen LogP contribution in [-0.2, 0) is 9.47 Å². The normalized spacial score (nSPS) is 61.7. The van der Waals surface area contributed by atoms with Crippen molar-refractivity contribution in [3.63, 3.8) is 0 Å². The van der Waals surface area contributed by atoms with E-state index in [1.807, 2.05) is 0 Å². The molecule has 2 heteroatoms. The molecular formula is C27H44O2. The van der Waals surface area contributed by atoms with Gasteiger partial charge < -0.3 is 9.47 Å². The molecule has 4 aliphatic carbocycles. The van der Waals surface area contributed by atoms with E-state index in [9.17, 15) is 0 Å². The van der Waals surface area contributed by atoms with Gasteiger partial charge in [0.25, 0.3) is 0 Å². The SMILES string of the molecule is CC1CCC2(CC1)OC1OC3C4CCC5CCCCC5(C)C4CCC3(C)C1[C@@H]2C. The monoisotopic (exact) mass is 400 g/mol. The minimum Gasteiger partial charge on any atom is -0.348 e. The minimum absolute atomic E-state index is 0.0871. The summed E-state index contributed by atoms with van der Waals surface area (Å²) in [5.74, 6) is 4.84. The van der Waals surface area contributed by atoms with Gasteiger partial charge in [-0.15, -0.1) is 0 Å². The third-order valence-corrected chi connectivity index (χ3v) is 11.9. The van der Waals surface area contributed by atoms with Crippen molar-refractivity contribution in [2.45, 2.75) is 123 Å². The summed E-state index contributed by atoms with van der Waals surface area (Å²) in [7, 11) is 0. The molecule has 0 bridgehead atoms. The van der Waals surface area contributed by atoms with Gasteiger partial charge in [-0.2, -0.15) is 0 Å². The summed E-state index contributed by atoms with van der Waals surface area (Å²) in [4.78, 5) is 0. The average Bonchev–Trinajstić information content (AvgIpc) is 3.15. The van der Waals surface area contributed by atoms with Crippen molar-refractivity contribution >= 4 is 0 Å². The lowest BCUT2D eigenvalue weighted by molar-refractivity contribution is -0.218. The molecule has 6 fully saturated rings. The zero-order valence-electron chi connectivity index (χ0n) is 19.4. The van der Waals surface area contributed by atoms with E-state index < -0.39 is 0 Å². The Kier molecular flexibility index (Phi) is 4.37. The van der Waals surface area contributed by atoms with Gasteiger partial charge in [0.1, 0.15) is 0 Å². The van der Waals surface area contributed by atoms with Crippen molar-refractivity contribution in [2.24, 2.45) is 46.3 Å². The molecule has 2 heterocycles. The Balaban J connectivity index is 1.27. The summed E-state index contributed by atoms with van der Waals surface area (Å²) in [5.41, 5.74) is 1.06. The fraction of sp³-hybridized carbons (Fsp3) is 1.00. The molecule has 2 aliphatic heterocycles. The van der Waals surface area contributed by atoms with Crippen LogP contribution in [0.3, 0.4) is 0 Å². The Morgan fingerprint density at radius 2 is 1.55 bits per heavy atom. The van der Waals surface area contributed by atoms with Crippen LogP contribution < -0.4 is 0 Å². The highest BCUT2D eigenvalue weighted by molar-refractivity contribution is 5.14. The standard InChI is InChI=1S/C27H44O2/c1-17-10-15-27(16-11-17)18(2)22-24(29-27)28-23-20-9-8-19-7-5-6-13-25(19,3)21(20)12-14-26(22,23)4/h17-24H,5-16H2,1-4H3/t17?,18-,19?,20?,21?,22?,23?,24?,25?,26?,27?/m0/s1. The Labute approximate surface area is 178 Å². The first-order chi connectivity index (χ1) is 13.9. The number of hydrogen-bond donors (Lipinski definition) is 0. The van der Waals surface area contributed by atoms with Crippen molar-refractivity contribution in [3.8, 4) is 0 Å². The Morgan fingerprint density at radius 1 is 0.759 bits per heavy atom. The van der Waals surface area contributed by atoms with E-state index in [-0.39, 0.29) is 11.9 Å². The van der Waals surface area contributed by atoms with Crippen LogP contribution in [0.15, 0.2) is 0 Å². The lowest BCUT2D eigenvalue weighted by Gasteiger charge is -2.60. The number of rotatable bonds is 0. The third-order valence-electron chi connectivity index (χ3n) is 11.9. The molecule has 2 saturated heterocycles. The van der Waals surface area contributed by atoms with Gasteiger partial charge in [-0.3, -0.25) is 0 Å². The highest BCUT2D eigenvalue weighted by atomic mass is 16.7. The van der Waals surface area contributed by atoms with Gasteiger partial charge in [0.15, 0.2) is 6.29 Å². The topological polar surface area (TPSA) is 18.5 Å². The minimum atomic E-state index is 0.0871. The average molecular weight is 401 g/mol. The summed E-state index contributed by atoms with van der Waals surface area (Å²) < 4.78 is 13.9. The second-order valence-electron chi connectivity index (χ2n) is 12.9. The second kappa shape index (κ2) is 6.47. The maximum absolute atomic E-state index is 6.99. The molecule has 6 rings (SSSR count). The van der Waals surface area contributed by atoms with Gasteiger partial charge in [0.05, 0.1) is 11.7 Å². The fourth-order valence-corrected chi connectivity index (χ4v) is 10.0. The molecule has 0 N–H and O–H groups in total. The number of ether oxygens (including phenoxy) is 2. The first kappa shape index (κ1) is 19.6. The summed E-state index contributed by atoms with van der Waals surface area (Å²) in [6.45, 7) is 10.2. The van der Waals surface area contributed by atoms with Gasteiger partial charge in [-0.1, -0.05) is 40.5 Å². The quantitative estimate of drug-likeness (QED) is 0.437. The van der Waals surface area contributed by atoms with Crippen molar-refractivity contribution in [3.05, 3.63) is 0 Å². The molecule has 8 unspecified atom stereocenters. The number of fused-ring (bicyclic) bond motifs is 7. The fourth-order valence-electron chi connectivity index (χ4n) is 10.0. The van der Waals surface area contributed by atoms with Gasteiger partial charge >= 0.3 is 0 Å². The predicted molar refractivity (Wildman–Crippen MR) is 116 cm³/mol. The van der Waals surface area contributed by atoms with E-state index >= 15 is 0 Å². The summed E-state index contributed by atoms with van der Waals surface area (Å²) in [5, 5.41) is 0. The smallest absolute Gasteiger partial charge is 0.162 e. The van der Waals surface area contributed by atoms with Crippen LogP contribution in [0.25, 0.3) is 0 Å². The molecule has 2 nitrogen and oxygen atoms in total. The van der Waals surface area contributed by atoms with Gasteiger partial charge in [0.2, 0.25) is 0 Å². The van der Waals surface area contributed by atoms with E-state index in [0.717, 1.165) is 23.7 Å². The van der Waals surface area contributed by atoms with E-state index in [2.05, 4.69) is 27.7 Å². The van der Waals surface area contributed by atoms with Crippen molar-refractivity contribution in [1.82, 2.24) is 0 Å². The third kappa shape index (κ3) is 2.54. The van der Waals surface area contributed by atoms with Crippen LogP contribution in [-0.4, -0.2) is 18.0 Å². The number of hydrogen-bond acceptors (Lipinski definition) is 2. The summed E-state index contributed by atoms with van der Waals surface area (Å²) in [6, 6.07) is 0. The van der Waals surface area contributed by atoms with Crippen LogP contribution in [0.4, 0.5) is 0 Å². The van der Waals surface area contributed by atoms with E-state index in [0.29, 0.717) is 28.8 Å². The van der Waals surface area contributed by atoms with Crippen LogP contribution in [0.2, 0.25) is 0 Å². The highest BCUT2D eigenvalue weighted by Crippen LogP contribution is 2.69. The van der Waals surface area contributed by atoms with Crippen LogP contribution >= 0.6 is 0 Å². The molecule has 6 aliphatic rings. The zero-order chi connectivity index (χ0) is 20.0. The lowest BCUT2D eigenvalue weighted by atomic mass is 9.45. The molecule has 9 atom stereocenters. The molecule has 0 radical (unpaired) electrons. The van der Waals surface area contributed by atoms with Crippen molar-refractivity contribution < 1.29 is 9.47 Å². The zero-order valence-corrected chi connectivity index (χ0v) is 19.4. The maximum Gasteiger partial charge on any atom is 0.162 e. The van der Waals surface area contributed by atoms with E-state index in [1.165, 1.54) is 77.0 Å². The Hall–Kier alpha value is -0.0800. The second-order valence-corrected chi connectivity index (χ2v) is 12.9. The van der Waals surface area contributed by atoms with Crippen molar-refractivity contribution in [2.75, 3.05) is 0 Å². The summed E-state index contributed by atoms with van der Waals surface area (Å²) >= 11 is 0. The van der Waals surface area contributed by atoms with Gasteiger partial charge in [-0.25, -0.2) is 0 Å². The molecule has 29 heavy (non-hydrogen) atoms. The Morgan fingerprint density at radius 3 is 2.34 bits per heavy atom. The molecule has 164 valence electrons. The van der Waals surface area contributed by atoms with E-state index in [1.54, 1.807) is 0 Å². The molecule has 0 aromatic heterocycles. The molecular weight excluding hydrogens is 356 g/mol. The highest BCUT2D eigenvalue weighted by Gasteiger charge is 2.69. The molecule has 0 aromatic rings. The van der Waals surface area contributed by atoms with Gasteiger partial charge in [0, 0.05) is 11.3 Å². The first-order valence-corrected chi connectivity index (χ1v) is 13.2. The van der Waals surface area contributed by atoms with Crippen LogP contribution in [0.1, 0.15) is 105 Å². The molecule has 0 aromatic carbocycles. The van der Waals surface area contributed by atoms with Gasteiger partial charge in [-0.05, 0) is 99.2 Å². The van der Waals surface area contributed by atoms with Crippen molar-refractivity contribution in [1.29, 1.82) is 0 Å². The molecule has 0 amide bonds. The molecule has 4 saturated carbocycles. The largest absolute Gasteiger partial charge is 0.348 e.